The summed E-state index contributed by atoms with van der Waals surface area (Å²) in [6.07, 6.45) is 3.28. The van der Waals surface area contributed by atoms with Gasteiger partial charge < -0.3 is 5.32 Å². The number of hydrogen-bond acceptors (Lipinski definition) is 2. The third-order valence-electron chi connectivity index (χ3n) is 2.39. The van der Waals surface area contributed by atoms with E-state index in [2.05, 4.69) is 26.2 Å². The summed E-state index contributed by atoms with van der Waals surface area (Å²) < 4.78 is 14.0. The molecule has 0 unspecified atom stereocenters. The van der Waals surface area contributed by atoms with Gasteiger partial charge in [-0.2, -0.15) is 0 Å². The number of carbonyl (C=O) groups is 1. The van der Waals surface area contributed by atoms with Crippen LogP contribution in [-0.2, 0) is 6.54 Å². The Labute approximate surface area is 112 Å². The minimum atomic E-state index is -0.545. The topological polar surface area (TPSA) is 42.0 Å². The molecule has 2 rings (SSSR count). The summed E-state index contributed by atoms with van der Waals surface area (Å²) in [4.78, 5) is 15.7. The van der Waals surface area contributed by atoms with Crippen molar-refractivity contribution < 1.29 is 9.18 Å². The van der Waals surface area contributed by atoms with Crippen LogP contribution in [0.15, 0.2) is 47.2 Å². The van der Waals surface area contributed by atoms with Gasteiger partial charge in [0, 0.05) is 23.4 Å². The predicted molar refractivity (Wildman–Crippen MR) is 69.5 cm³/mol. The van der Waals surface area contributed by atoms with E-state index in [4.69, 9.17) is 0 Å². The minimum absolute atomic E-state index is 0.0200. The largest absolute Gasteiger partial charge is 0.348 e. The molecule has 1 aromatic heterocycles. The zero-order valence-corrected chi connectivity index (χ0v) is 10.9. The van der Waals surface area contributed by atoms with Crippen molar-refractivity contribution in [3.05, 3.63) is 64.1 Å². The predicted octanol–water partition coefficient (Wildman–Crippen LogP) is 2.91. The zero-order chi connectivity index (χ0) is 13.0. The van der Waals surface area contributed by atoms with Gasteiger partial charge in [-0.3, -0.25) is 9.78 Å². The van der Waals surface area contributed by atoms with Crippen molar-refractivity contribution in [1.29, 1.82) is 0 Å². The standard InChI is InChI=1S/C13H10BrFN2O/c14-10-2-1-3-11(15)12(10)13(18)17-8-9-4-6-16-7-5-9/h1-7H,8H2,(H,17,18). The van der Waals surface area contributed by atoms with Gasteiger partial charge in [-0.1, -0.05) is 6.07 Å². The molecule has 0 bridgehead atoms. The van der Waals surface area contributed by atoms with Crippen molar-refractivity contribution >= 4 is 21.8 Å². The van der Waals surface area contributed by atoms with E-state index < -0.39 is 11.7 Å². The average Bonchev–Trinajstić information content (AvgIpc) is 2.37. The number of hydrogen-bond donors (Lipinski definition) is 1. The number of aromatic nitrogens is 1. The first-order valence-electron chi connectivity index (χ1n) is 5.29. The van der Waals surface area contributed by atoms with Crippen LogP contribution in [0, 0.1) is 5.82 Å². The highest BCUT2D eigenvalue weighted by molar-refractivity contribution is 9.10. The third-order valence-corrected chi connectivity index (χ3v) is 3.05. The number of pyridine rings is 1. The van der Waals surface area contributed by atoms with E-state index in [1.165, 1.54) is 6.07 Å². The molecule has 0 saturated heterocycles. The summed E-state index contributed by atoms with van der Waals surface area (Å²) in [6, 6.07) is 8.00. The maximum atomic E-state index is 13.5. The zero-order valence-electron chi connectivity index (χ0n) is 9.36. The fourth-order valence-electron chi connectivity index (χ4n) is 1.49. The lowest BCUT2D eigenvalue weighted by molar-refractivity contribution is 0.0946. The molecule has 0 atom stereocenters. The molecule has 0 saturated carbocycles. The Bertz CT molecular complexity index is 540. The summed E-state index contributed by atoms with van der Waals surface area (Å²) in [5, 5.41) is 2.66. The molecule has 18 heavy (non-hydrogen) atoms. The van der Waals surface area contributed by atoms with E-state index in [0.29, 0.717) is 11.0 Å². The van der Waals surface area contributed by atoms with Crippen LogP contribution >= 0.6 is 15.9 Å². The van der Waals surface area contributed by atoms with Gasteiger partial charge in [0.05, 0.1) is 5.56 Å². The molecular weight excluding hydrogens is 299 g/mol. The van der Waals surface area contributed by atoms with E-state index in [0.717, 1.165) is 5.56 Å². The van der Waals surface area contributed by atoms with Gasteiger partial charge in [0.1, 0.15) is 5.82 Å². The summed E-state index contributed by atoms with van der Waals surface area (Å²) in [5.74, 6) is -0.992. The first-order chi connectivity index (χ1) is 8.68. The minimum Gasteiger partial charge on any atom is -0.348 e. The molecule has 0 fully saturated rings. The molecule has 0 aliphatic rings. The highest BCUT2D eigenvalue weighted by Crippen LogP contribution is 2.19. The maximum absolute atomic E-state index is 13.5. The normalized spacial score (nSPS) is 10.1. The van der Waals surface area contributed by atoms with Gasteiger partial charge in [-0.25, -0.2) is 4.39 Å². The van der Waals surface area contributed by atoms with E-state index in [1.807, 2.05) is 0 Å². The first-order valence-corrected chi connectivity index (χ1v) is 6.09. The molecule has 2 aromatic rings. The Morgan fingerprint density at radius 2 is 2.00 bits per heavy atom. The summed E-state index contributed by atoms with van der Waals surface area (Å²) in [7, 11) is 0. The second-order valence-corrected chi connectivity index (χ2v) is 4.49. The van der Waals surface area contributed by atoms with E-state index in [-0.39, 0.29) is 5.56 Å². The number of carbonyl (C=O) groups excluding carboxylic acids is 1. The van der Waals surface area contributed by atoms with Crippen molar-refractivity contribution in [2.24, 2.45) is 0 Å². The lowest BCUT2D eigenvalue weighted by atomic mass is 10.2. The van der Waals surface area contributed by atoms with E-state index in [1.54, 1.807) is 36.7 Å². The number of nitrogens with one attached hydrogen (secondary N) is 1. The highest BCUT2D eigenvalue weighted by atomic mass is 79.9. The summed E-state index contributed by atoms with van der Waals surface area (Å²) >= 11 is 3.16. The van der Waals surface area contributed by atoms with Crippen LogP contribution in [0.4, 0.5) is 4.39 Å². The molecule has 1 N–H and O–H groups in total. The maximum Gasteiger partial charge on any atom is 0.255 e. The molecule has 1 amide bonds. The van der Waals surface area contributed by atoms with Crippen LogP contribution in [0.5, 0.6) is 0 Å². The Morgan fingerprint density at radius 1 is 1.28 bits per heavy atom. The van der Waals surface area contributed by atoms with Crippen molar-refractivity contribution in [1.82, 2.24) is 10.3 Å². The number of amides is 1. The van der Waals surface area contributed by atoms with Crippen LogP contribution in [-0.4, -0.2) is 10.9 Å². The third kappa shape index (κ3) is 2.92. The van der Waals surface area contributed by atoms with Gasteiger partial charge in [0.25, 0.3) is 5.91 Å². The molecule has 5 heteroatoms. The van der Waals surface area contributed by atoms with Gasteiger partial charge in [0.2, 0.25) is 0 Å². The van der Waals surface area contributed by atoms with Crippen LogP contribution in [0.3, 0.4) is 0 Å². The molecule has 92 valence electrons. The summed E-state index contributed by atoms with van der Waals surface area (Å²) in [6.45, 7) is 0.335. The molecule has 0 aliphatic carbocycles. The monoisotopic (exact) mass is 308 g/mol. The molecule has 0 radical (unpaired) electrons. The van der Waals surface area contributed by atoms with E-state index >= 15 is 0 Å². The second-order valence-electron chi connectivity index (χ2n) is 3.63. The Kier molecular flexibility index (Phi) is 4.04. The molecule has 0 spiro atoms. The van der Waals surface area contributed by atoms with Crippen LogP contribution in [0.1, 0.15) is 15.9 Å². The smallest absolute Gasteiger partial charge is 0.255 e. The van der Waals surface area contributed by atoms with Gasteiger partial charge in [0.15, 0.2) is 0 Å². The fraction of sp³-hybridized carbons (Fsp3) is 0.0769. The Morgan fingerprint density at radius 3 is 2.67 bits per heavy atom. The van der Waals surface area contributed by atoms with E-state index in [9.17, 15) is 9.18 Å². The van der Waals surface area contributed by atoms with Crippen molar-refractivity contribution in [2.45, 2.75) is 6.54 Å². The first kappa shape index (κ1) is 12.7. The Balaban J connectivity index is 2.09. The Hall–Kier alpha value is -1.75. The second kappa shape index (κ2) is 5.73. The fourth-order valence-corrected chi connectivity index (χ4v) is 2.01. The quantitative estimate of drug-likeness (QED) is 0.947. The van der Waals surface area contributed by atoms with Gasteiger partial charge in [-0.05, 0) is 45.8 Å². The highest BCUT2D eigenvalue weighted by Gasteiger charge is 2.14. The van der Waals surface area contributed by atoms with Gasteiger partial charge >= 0.3 is 0 Å². The van der Waals surface area contributed by atoms with Crippen molar-refractivity contribution in [3.63, 3.8) is 0 Å². The molecule has 0 aliphatic heterocycles. The number of rotatable bonds is 3. The number of nitrogens with zero attached hydrogens (tertiary/aromatic N) is 1. The molecule has 1 aromatic carbocycles. The van der Waals surface area contributed by atoms with Gasteiger partial charge in [-0.15, -0.1) is 0 Å². The average molecular weight is 309 g/mol. The lowest BCUT2D eigenvalue weighted by Gasteiger charge is -2.07. The van der Waals surface area contributed by atoms with Crippen molar-refractivity contribution in [2.75, 3.05) is 0 Å². The summed E-state index contributed by atoms with van der Waals surface area (Å²) in [5.41, 5.74) is 0.928. The number of halogens is 2. The molecule has 1 heterocycles. The SMILES string of the molecule is O=C(NCc1ccncc1)c1c(F)cccc1Br. The van der Waals surface area contributed by atoms with Crippen LogP contribution in [0.25, 0.3) is 0 Å². The lowest BCUT2D eigenvalue weighted by Crippen LogP contribution is -2.24. The van der Waals surface area contributed by atoms with Crippen molar-refractivity contribution in [3.8, 4) is 0 Å². The number of benzene rings is 1. The van der Waals surface area contributed by atoms with Crippen LogP contribution in [0.2, 0.25) is 0 Å². The van der Waals surface area contributed by atoms with Crippen LogP contribution < -0.4 is 5.32 Å². The molecular formula is C13H10BrFN2O. The molecule has 3 nitrogen and oxygen atoms in total.